The summed E-state index contributed by atoms with van der Waals surface area (Å²) in [5, 5.41) is 0. The molecule has 2 aromatic rings. The molecule has 0 radical (unpaired) electrons. The van der Waals surface area contributed by atoms with Gasteiger partial charge < -0.3 is 5.73 Å². The Balaban J connectivity index is 1.78. The molecule has 104 valence electrons. The molecule has 0 unspecified atom stereocenters. The van der Waals surface area contributed by atoms with E-state index in [4.69, 9.17) is 5.73 Å². The second-order valence-electron chi connectivity index (χ2n) is 5.57. The summed E-state index contributed by atoms with van der Waals surface area (Å²) >= 11 is 0. The Morgan fingerprint density at radius 3 is 2.65 bits per heavy atom. The molecular formula is C18H22N2. The molecule has 2 aromatic carbocycles. The van der Waals surface area contributed by atoms with E-state index in [1.807, 2.05) is 6.07 Å². The molecule has 0 spiro atoms. The van der Waals surface area contributed by atoms with Crippen LogP contribution < -0.4 is 5.73 Å². The van der Waals surface area contributed by atoms with Gasteiger partial charge in [-0.25, -0.2) is 0 Å². The summed E-state index contributed by atoms with van der Waals surface area (Å²) in [5.74, 6) is 0. The molecule has 2 N–H and O–H groups in total. The number of nitrogen functional groups attached to an aromatic ring is 1. The van der Waals surface area contributed by atoms with Crippen molar-refractivity contribution < 1.29 is 0 Å². The van der Waals surface area contributed by atoms with Crippen molar-refractivity contribution in [1.82, 2.24) is 4.90 Å². The van der Waals surface area contributed by atoms with Crippen LogP contribution in [-0.2, 0) is 25.9 Å². The monoisotopic (exact) mass is 266 g/mol. The number of aryl methyl sites for hydroxylation is 1. The first-order valence-corrected chi connectivity index (χ1v) is 7.43. The lowest BCUT2D eigenvalue weighted by Crippen LogP contribution is -2.30. The Kier molecular flexibility index (Phi) is 3.75. The van der Waals surface area contributed by atoms with Crippen molar-refractivity contribution in [2.24, 2.45) is 0 Å². The van der Waals surface area contributed by atoms with E-state index < -0.39 is 0 Å². The van der Waals surface area contributed by atoms with Gasteiger partial charge in [0.15, 0.2) is 0 Å². The largest absolute Gasteiger partial charge is 0.398 e. The molecule has 0 fully saturated rings. The van der Waals surface area contributed by atoms with Gasteiger partial charge in [0.25, 0.3) is 0 Å². The zero-order valence-corrected chi connectivity index (χ0v) is 12.1. The maximum Gasteiger partial charge on any atom is 0.0350 e. The highest BCUT2D eigenvalue weighted by Crippen LogP contribution is 2.25. The van der Waals surface area contributed by atoms with Crippen molar-refractivity contribution in [2.75, 3.05) is 12.3 Å². The highest BCUT2D eigenvalue weighted by molar-refractivity contribution is 5.51. The standard InChI is InChI=1S/C18H22N2/c1-2-14-6-3-4-7-15(14)12-20-11-10-17-16(13-20)8-5-9-18(17)19/h3-9H,2,10-13,19H2,1H3. The number of anilines is 1. The Hall–Kier alpha value is -1.80. The fourth-order valence-corrected chi connectivity index (χ4v) is 3.13. The van der Waals surface area contributed by atoms with Gasteiger partial charge in [0.2, 0.25) is 0 Å². The molecule has 0 aliphatic carbocycles. The zero-order valence-electron chi connectivity index (χ0n) is 12.1. The Bertz CT molecular complexity index is 604. The third-order valence-electron chi connectivity index (χ3n) is 4.27. The summed E-state index contributed by atoms with van der Waals surface area (Å²) in [4.78, 5) is 2.52. The third kappa shape index (κ3) is 2.56. The molecule has 3 rings (SSSR count). The molecule has 1 aliphatic heterocycles. The average molecular weight is 266 g/mol. The average Bonchev–Trinajstić information content (AvgIpc) is 2.48. The summed E-state index contributed by atoms with van der Waals surface area (Å²) in [5.41, 5.74) is 12.7. The quantitative estimate of drug-likeness (QED) is 0.863. The molecule has 20 heavy (non-hydrogen) atoms. The summed E-state index contributed by atoms with van der Waals surface area (Å²) in [7, 11) is 0. The van der Waals surface area contributed by atoms with Crippen molar-refractivity contribution in [2.45, 2.75) is 32.9 Å². The molecule has 0 bridgehead atoms. The first-order valence-electron chi connectivity index (χ1n) is 7.43. The van der Waals surface area contributed by atoms with Gasteiger partial charge in [0, 0.05) is 25.3 Å². The van der Waals surface area contributed by atoms with Gasteiger partial charge >= 0.3 is 0 Å². The van der Waals surface area contributed by atoms with E-state index in [0.29, 0.717) is 0 Å². The summed E-state index contributed by atoms with van der Waals surface area (Å²) in [6.07, 6.45) is 2.17. The van der Waals surface area contributed by atoms with Crippen LogP contribution in [0.15, 0.2) is 42.5 Å². The highest BCUT2D eigenvalue weighted by Gasteiger charge is 2.18. The van der Waals surface area contributed by atoms with E-state index >= 15 is 0 Å². The number of hydrogen-bond acceptors (Lipinski definition) is 2. The molecular weight excluding hydrogens is 244 g/mol. The highest BCUT2D eigenvalue weighted by atomic mass is 15.1. The Morgan fingerprint density at radius 2 is 1.85 bits per heavy atom. The number of nitrogens with two attached hydrogens (primary N) is 1. The molecule has 2 nitrogen and oxygen atoms in total. The van der Waals surface area contributed by atoms with Crippen LogP contribution in [0.2, 0.25) is 0 Å². The molecule has 1 heterocycles. The lowest BCUT2D eigenvalue weighted by Gasteiger charge is -2.30. The van der Waals surface area contributed by atoms with Gasteiger partial charge in [-0.3, -0.25) is 4.90 Å². The molecule has 0 amide bonds. The van der Waals surface area contributed by atoms with E-state index in [-0.39, 0.29) is 0 Å². The molecule has 2 heteroatoms. The van der Waals surface area contributed by atoms with E-state index in [1.165, 1.54) is 22.3 Å². The minimum Gasteiger partial charge on any atom is -0.398 e. The smallest absolute Gasteiger partial charge is 0.0350 e. The van der Waals surface area contributed by atoms with Crippen molar-refractivity contribution in [3.8, 4) is 0 Å². The first-order chi connectivity index (χ1) is 9.78. The van der Waals surface area contributed by atoms with Crippen LogP contribution in [0.5, 0.6) is 0 Å². The van der Waals surface area contributed by atoms with Crippen molar-refractivity contribution in [3.63, 3.8) is 0 Å². The first kappa shape index (κ1) is 13.2. The van der Waals surface area contributed by atoms with Gasteiger partial charge in [0.1, 0.15) is 0 Å². The van der Waals surface area contributed by atoms with Crippen LogP contribution in [0.25, 0.3) is 0 Å². The SMILES string of the molecule is CCc1ccccc1CN1CCc2c(N)cccc2C1. The molecule has 0 aromatic heterocycles. The summed E-state index contributed by atoms with van der Waals surface area (Å²) < 4.78 is 0. The van der Waals surface area contributed by atoms with Crippen LogP contribution in [-0.4, -0.2) is 11.4 Å². The van der Waals surface area contributed by atoms with Gasteiger partial charge in [-0.2, -0.15) is 0 Å². The van der Waals surface area contributed by atoms with Crippen molar-refractivity contribution in [3.05, 3.63) is 64.7 Å². The van der Waals surface area contributed by atoms with Crippen molar-refractivity contribution >= 4 is 5.69 Å². The number of benzene rings is 2. The lowest BCUT2D eigenvalue weighted by molar-refractivity contribution is 0.245. The normalized spacial score (nSPS) is 15.1. The van der Waals surface area contributed by atoms with E-state index in [2.05, 4.69) is 48.2 Å². The van der Waals surface area contributed by atoms with Crippen LogP contribution >= 0.6 is 0 Å². The fraction of sp³-hybridized carbons (Fsp3) is 0.333. The molecule has 0 saturated carbocycles. The molecule has 0 atom stereocenters. The minimum absolute atomic E-state index is 0.955. The Morgan fingerprint density at radius 1 is 1.05 bits per heavy atom. The van der Waals surface area contributed by atoms with E-state index in [0.717, 1.165) is 38.2 Å². The summed E-state index contributed by atoms with van der Waals surface area (Å²) in [6, 6.07) is 15.1. The predicted octanol–water partition coefficient (Wildman–Crippen LogP) is 3.39. The van der Waals surface area contributed by atoms with Gasteiger partial charge in [0.05, 0.1) is 0 Å². The summed E-state index contributed by atoms with van der Waals surface area (Å²) in [6.45, 7) is 5.38. The van der Waals surface area contributed by atoms with Crippen LogP contribution in [0.4, 0.5) is 5.69 Å². The number of rotatable bonds is 3. The van der Waals surface area contributed by atoms with Crippen LogP contribution in [0, 0.1) is 0 Å². The maximum atomic E-state index is 6.07. The van der Waals surface area contributed by atoms with Gasteiger partial charge in [-0.15, -0.1) is 0 Å². The number of nitrogens with zero attached hydrogens (tertiary/aromatic N) is 1. The van der Waals surface area contributed by atoms with Crippen LogP contribution in [0.3, 0.4) is 0 Å². The maximum absolute atomic E-state index is 6.07. The second kappa shape index (κ2) is 5.68. The van der Waals surface area contributed by atoms with Gasteiger partial charge in [-0.1, -0.05) is 43.3 Å². The fourth-order valence-electron chi connectivity index (χ4n) is 3.13. The minimum atomic E-state index is 0.955. The lowest BCUT2D eigenvalue weighted by atomic mass is 9.97. The third-order valence-corrected chi connectivity index (χ3v) is 4.27. The van der Waals surface area contributed by atoms with E-state index in [9.17, 15) is 0 Å². The Labute approximate surface area is 121 Å². The van der Waals surface area contributed by atoms with E-state index in [1.54, 1.807) is 0 Å². The molecule has 1 aliphatic rings. The zero-order chi connectivity index (χ0) is 13.9. The van der Waals surface area contributed by atoms with Crippen molar-refractivity contribution in [1.29, 1.82) is 0 Å². The molecule has 0 saturated heterocycles. The topological polar surface area (TPSA) is 29.3 Å². The van der Waals surface area contributed by atoms with Gasteiger partial charge in [-0.05, 0) is 41.2 Å². The second-order valence-corrected chi connectivity index (χ2v) is 5.57. The van der Waals surface area contributed by atoms with Crippen LogP contribution in [0.1, 0.15) is 29.2 Å². The predicted molar refractivity (Wildman–Crippen MR) is 84.5 cm³/mol. The number of fused-ring (bicyclic) bond motifs is 1. The number of hydrogen-bond donors (Lipinski definition) is 1.